The minimum atomic E-state index is -1.06. The Morgan fingerprint density at radius 1 is 1.38 bits per heavy atom. The first kappa shape index (κ1) is 20.2. The van der Waals surface area contributed by atoms with E-state index in [-0.39, 0.29) is 17.0 Å². The number of rotatable bonds is 5. The molecule has 0 aromatic heterocycles. The van der Waals surface area contributed by atoms with Crippen molar-refractivity contribution in [3.05, 3.63) is 34.6 Å². The Hall–Kier alpha value is -1.86. The lowest BCUT2D eigenvalue weighted by atomic mass is 10.0. The molecule has 0 radical (unpaired) electrons. The standard InChI is InChI=1S/C16H22ClFN2O4/c1-16(2,3)24-15(22)19-13(14(21)20(4)23-5)8-10-6-7-11(17)9-12(10)18/h6-7,9,13H,8H2,1-5H3,(H,19,22). The molecule has 0 heterocycles. The minimum Gasteiger partial charge on any atom is -0.444 e. The molecule has 6 nitrogen and oxygen atoms in total. The quantitative estimate of drug-likeness (QED) is 0.820. The molecule has 1 rings (SSSR count). The van der Waals surface area contributed by atoms with Gasteiger partial charge in [-0.2, -0.15) is 0 Å². The van der Waals surface area contributed by atoms with E-state index in [1.165, 1.54) is 26.3 Å². The first-order chi connectivity index (χ1) is 11.0. The van der Waals surface area contributed by atoms with Crippen LogP contribution in [0.2, 0.25) is 5.02 Å². The van der Waals surface area contributed by atoms with Crippen LogP contribution in [-0.4, -0.2) is 42.9 Å². The average molecular weight is 361 g/mol. The molecular weight excluding hydrogens is 339 g/mol. The summed E-state index contributed by atoms with van der Waals surface area (Å²) in [4.78, 5) is 29.1. The van der Waals surface area contributed by atoms with Crippen molar-refractivity contribution in [1.82, 2.24) is 10.4 Å². The molecule has 1 N–H and O–H groups in total. The molecule has 24 heavy (non-hydrogen) atoms. The summed E-state index contributed by atoms with van der Waals surface area (Å²) in [7, 11) is 2.70. The summed E-state index contributed by atoms with van der Waals surface area (Å²) < 4.78 is 19.1. The van der Waals surface area contributed by atoms with Crippen LogP contribution >= 0.6 is 11.6 Å². The van der Waals surface area contributed by atoms with Crippen molar-refractivity contribution in [3.63, 3.8) is 0 Å². The van der Waals surface area contributed by atoms with Crippen molar-refractivity contribution < 1.29 is 23.6 Å². The monoisotopic (exact) mass is 360 g/mol. The predicted octanol–water partition coefficient (Wildman–Crippen LogP) is 2.93. The topological polar surface area (TPSA) is 67.9 Å². The van der Waals surface area contributed by atoms with Gasteiger partial charge in [0.05, 0.1) is 7.11 Å². The number of hydrogen-bond donors (Lipinski definition) is 1. The molecule has 0 aliphatic heterocycles. The van der Waals surface area contributed by atoms with Crippen LogP contribution in [0.15, 0.2) is 18.2 Å². The zero-order valence-corrected chi connectivity index (χ0v) is 15.1. The molecule has 2 amide bonds. The summed E-state index contributed by atoms with van der Waals surface area (Å²) in [5, 5.41) is 3.64. The Kier molecular flexibility index (Phi) is 6.98. The molecule has 134 valence electrons. The van der Waals surface area contributed by atoms with Crippen LogP contribution in [0.4, 0.5) is 9.18 Å². The third-order valence-electron chi connectivity index (χ3n) is 3.01. The maximum absolute atomic E-state index is 14.0. The normalized spacial score (nSPS) is 12.5. The molecule has 0 saturated carbocycles. The Labute approximate surface area is 145 Å². The summed E-state index contributed by atoms with van der Waals surface area (Å²) in [6.45, 7) is 5.09. The number of alkyl carbamates (subject to hydrolysis) is 1. The second-order valence-corrected chi connectivity index (χ2v) is 6.59. The van der Waals surface area contributed by atoms with Gasteiger partial charge in [0, 0.05) is 18.5 Å². The van der Waals surface area contributed by atoms with Crippen molar-refractivity contribution in [2.45, 2.75) is 38.8 Å². The van der Waals surface area contributed by atoms with Crippen molar-refractivity contribution in [2.75, 3.05) is 14.2 Å². The molecule has 0 aliphatic carbocycles. The fourth-order valence-corrected chi connectivity index (χ4v) is 2.03. The fraction of sp³-hybridized carbons (Fsp3) is 0.500. The van der Waals surface area contributed by atoms with E-state index < -0.39 is 29.5 Å². The van der Waals surface area contributed by atoms with Gasteiger partial charge in [-0.25, -0.2) is 14.2 Å². The summed E-state index contributed by atoms with van der Waals surface area (Å²) in [6, 6.07) is 3.06. The van der Waals surface area contributed by atoms with Gasteiger partial charge in [0.2, 0.25) is 0 Å². The number of nitrogens with one attached hydrogen (secondary N) is 1. The first-order valence-electron chi connectivity index (χ1n) is 7.28. The molecule has 0 spiro atoms. The van der Waals surface area contributed by atoms with Gasteiger partial charge in [0.15, 0.2) is 0 Å². The number of hydrogen-bond acceptors (Lipinski definition) is 4. The number of halogens is 2. The van der Waals surface area contributed by atoms with Crippen LogP contribution in [0.25, 0.3) is 0 Å². The number of likely N-dealkylation sites (N-methyl/N-ethyl adjacent to an activating group) is 1. The Morgan fingerprint density at radius 2 is 2.00 bits per heavy atom. The summed E-state index contributed by atoms with van der Waals surface area (Å²) in [6.07, 6.45) is -0.853. The highest BCUT2D eigenvalue weighted by Crippen LogP contribution is 2.17. The van der Waals surface area contributed by atoms with E-state index >= 15 is 0 Å². The number of carbonyl (C=O) groups is 2. The summed E-state index contributed by atoms with van der Waals surface area (Å²) in [5.74, 6) is -1.11. The minimum absolute atomic E-state index is 0.0746. The van der Waals surface area contributed by atoms with E-state index in [4.69, 9.17) is 21.2 Å². The zero-order chi connectivity index (χ0) is 18.5. The molecule has 1 atom stereocenters. The van der Waals surface area contributed by atoms with Crippen molar-refractivity contribution in [1.29, 1.82) is 0 Å². The SMILES string of the molecule is CON(C)C(=O)C(Cc1ccc(Cl)cc1F)NC(=O)OC(C)(C)C. The van der Waals surface area contributed by atoms with E-state index in [1.807, 2.05) is 0 Å². The van der Waals surface area contributed by atoms with Crippen molar-refractivity contribution in [3.8, 4) is 0 Å². The molecule has 1 aromatic carbocycles. The molecule has 0 fully saturated rings. The summed E-state index contributed by atoms with van der Waals surface area (Å²) >= 11 is 5.72. The number of benzene rings is 1. The van der Waals surface area contributed by atoms with Crippen LogP contribution in [0.3, 0.4) is 0 Å². The van der Waals surface area contributed by atoms with Crippen LogP contribution < -0.4 is 5.32 Å². The smallest absolute Gasteiger partial charge is 0.408 e. The van der Waals surface area contributed by atoms with E-state index in [2.05, 4.69) is 5.32 Å². The Morgan fingerprint density at radius 3 is 2.50 bits per heavy atom. The maximum Gasteiger partial charge on any atom is 0.408 e. The molecule has 0 bridgehead atoms. The number of amides is 2. The van der Waals surface area contributed by atoms with Crippen LogP contribution in [0.5, 0.6) is 0 Å². The lowest BCUT2D eigenvalue weighted by Crippen LogP contribution is -2.49. The number of hydroxylamine groups is 2. The highest BCUT2D eigenvalue weighted by atomic mass is 35.5. The number of nitrogens with zero attached hydrogens (tertiary/aromatic N) is 1. The highest BCUT2D eigenvalue weighted by molar-refractivity contribution is 6.30. The van der Waals surface area contributed by atoms with Crippen LogP contribution in [0.1, 0.15) is 26.3 Å². The molecule has 8 heteroatoms. The Bertz CT molecular complexity index is 604. The van der Waals surface area contributed by atoms with Crippen molar-refractivity contribution >= 4 is 23.6 Å². The van der Waals surface area contributed by atoms with Gasteiger partial charge in [-0.15, -0.1) is 0 Å². The second kappa shape index (κ2) is 8.30. The predicted molar refractivity (Wildman–Crippen MR) is 88.1 cm³/mol. The largest absolute Gasteiger partial charge is 0.444 e. The molecule has 0 saturated heterocycles. The van der Waals surface area contributed by atoms with Gasteiger partial charge in [0.25, 0.3) is 5.91 Å². The van der Waals surface area contributed by atoms with Gasteiger partial charge >= 0.3 is 6.09 Å². The van der Waals surface area contributed by atoms with Gasteiger partial charge in [-0.05, 0) is 38.5 Å². The van der Waals surface area contributed by atoms with Gasteiger partial charge < -0.3 is 10.1 Å². The fourth-order valence-electron chi connectivity index (χ4n) is 1.87. The van der Waals surface area contributed by atoms with Crippen LogP contribution in [0, 0.1) is 5.82 Å². The molecular formula is C16H22ClFN2O4. The average Bonchev–Trinajstić information content (AvgIpc) is 2.45. The lowest BCUT2D eigenvalue weighted by molar-refractivity contribution is -0.171. The Balaban J connectivity index is 2.97. The van der Waals surface area contributed by atoms with E-state index in [0.717, 1.165) is 11.1 Å². The molecule has 1 aromatic rings. The van der Waals surface area contributed by atoms with E-state index in [0.29, 0.717) is 0 Å². The summed E-state index contributed by atoms with van der Waals surface area (Å²) in [5.41, 5.74) is -0.491. The number of carbonyl (C=O) groups excluding carboxylic acids is 2. The molecule has 1 unspecified atom stereocenters. The van der Waals surface area contributed by atoms with Crippen molar-refractivity contribution in [2.24, 2.45) is 0 Å². The van der Waals surface area contributed by atoms with Gasteiger partial charge in [-0.1, -0.05) is 17.7 Å². The third kappa shape index (κ3) is 6.33. The van der Waals surface area contributed by atoms with Crippen LogP contribution in [-0.2, 0) is 20.8 Å². The third-order valence-corrected chi connectivity index (χ3v) is 3.25. The maximum atomic E-state index is 14.0. The van der Waals surface area contributed by atoms with E-state index in [1.54, 1.807) is 20.8 Å². The lowest BCUT2D eigenvalue weighted by Gasteiger charge is -2.25. The number of ether oxygens (including phenoxy) is 1. The van der Waals surface area contributed by atoms with E-state index in [9.17, 15) is 14.0 Å². The van der Waals surface area contributed by atoms with Gasteiger partial charge in [-0.3, -0.25) is 9.63 Å². The first-order valence-corrected chi connectivity index (χ1v) is 7.66. The molecule has 0 aliphatic rings. The highest BCUT2D eigenvalue weighted by Gasteiger charge is 2.28. The second-order valence-electron chi connectivity index (χ2n) is 6.16. The van der Waals surface area contributed by atoms with Gasteiger partial charge in [0.1, 0.15) is 17.5 Å². The zero-order valence-electron chi connectivity index (χ0n) is 14.4.